The van der Waals surface area contributed by atoms with Gasteiger partial charge in [-0.2, -0.15) is 0 Å². The molecule has 18 heavy (non-hydrogen) atoms. The normalized spacial score (nSPS) is 23.2. The average molecular weight is 252 g/mol. The second-order valence-corrected chi connectivity index (χ2v) is 7.90. The van der Waals surface area contributed by atoms with Gasteiger partial charge in [-0.05, 0) is 62.1 Å². The summed E-state index contributed by atoms with van der Waals surface area (Å²) >= 11 is 0. The van der Waals surface area contributed by atoms with Crippen LogP contribution in [0.2, 0.25) is 0 Å². The number of hydrogen-bond donors (Lipinski definition) is 1. The molecular weight excluding hydrogens is 220 g/mol. The van der Waals surface area contributed by atoms with Gasteiger partial charge in [0.05, 0.1) is 0 Å². The molecule has 0 aromatic carbocycles. The van der Waals surface area contributed by atoms with E-state index in [-0.39, 0.29) is 0 Å². The highest BCUT2D eigenvalue weighted by Crippen LogP contribution is 2.32. The van der Waals surface area contributed by atoms with Crippen molar-refractivity contribution in [2.45, 2.75) is 47.0 Å². The Morgan fingerprint density at radius 2 is 1.83 bits per heavy atom. The molecule has 2 aliphatic rings. The zero-order valence-electron chi connectivity index (χ0n) is 12.8. The van der Waals surface area contributed by atoms with Gasteiger partial charge < -0.3 is 10.2 Å². The van der Waals surface area contributed by atoms with Crippen LogP contribution in [0.4, 0.5) is 0 Å². The topological polar surface area (TPSA) is 15.3 Å². The minimum Gasteiger partial charge on any atom is -0.316 e. The Kier molecular flexibility index (Phi) is 4.71. The van der Waals surface area contributed by atoms with Crippen LogP contribution < -0.4 is 5.32 Å². The van der Waals surface area contributed by atoms with Gasteiger partial charge in [-0.3, -0.25) is 0 Å². The first kappa shape index (κ1) is 14.3. The molecule has 1 N–H and O–H groups in total. The number of likely N-dealkylation sites (tertiary alicyclic amines) is 1. The van der Waals surface area contributed by atoms with E-state index in [9.17, 15) is 0 Å². The first-order valence-corrected chi connectivity index (χ1v) is 7.88. The van der Waals surface area contributed by atoms with Gasteiger partial charge in [0.15, 0.2) is 0 Å². The Balaban J connectivity index is 1.57. The highest BCUT2D eigenvalue weighted by molar-refractivity contribution is 4.85. The predicted octanol–water partition coefficient (Wildman–Crippen LogP) is 2.99. The maximum Gasteiger partial charge on any atom is 0.00221 e. The summed E-state index contributed by atoms with van der Waals surface area (Å²) in [7, 11) is 0. The molecular formula is C16H32N2. The molecule has 0 amide bonds. The molecule has 2 heteroatoms. The van der Waals surface area contributed by atoms with Crippen molar-refractivity contribution in [3.63, 3.8) is 0 Å². The van der Waals surface area contributed by atoms with Crippen LogP contribution in [-0.4, -0.2) is 37.6 Å². The van der Waals surface area contributed by atoms with E-state index in [2.05, 4.69) is 37.9 Å². The van der Waals surface area contributed by atoms with Crippen LogP contribution in [0.1, 0.15) is 47.0 Å². The zero-order chi connectivity index (χ0) is 13.2. The first-order valence-electron chi connectivity index (χ1n) is 7.88. The second kappa shape index (κ2) is 5.92. The summed E-state index contributed by atoms with van der Waals surface area (Å²) in [6.45, 7) is 16.2. The number of hydrogen-bond acceptors (Lipinski definition) is 2. The third-order valence-electron chi connectivity index (χ3n) is 4.65. The Morgan fingerprint density at radius 3 is 2.33 bits per heavy atom. The number of rotatable bonds is 7. The number of nitrogens with one attached hydrogen (secondary N) is 1. The summed E-state index contributed by atoms with van der Waals surface area (Å²) < 4.78 is 0. The Labute approximate surface area is 114 Å². The smallest absolute Gasteiger partial charge is 0.00221 e. The van der Waals surface area contributed by atoms with Crippen molar-refractivity contribution < 1.29 is 0 Å². The lowest BCUT2D eigenvalue weighted by atomic mass is 9.77. The fraction of sp³-hybridized carbons (Fsp3) is 1.00. The van der Waals surface area contributed by atoms with Gasteiger partial charge in [0.25, 0.3) is 0 Å². The van der Waals surface area contributed by atoms with Gasteiger partial charge in [0, 0.05) is 13.1 Å². The fourth-order valence-electron chi connectivity index (χ4n) is 3.51. The van der Waals surface area contributed by atoms with Gasteiger partial charge in [-0.15, -0.1) is 0 Å². The minimum absolute atomic E-state index is 0.538. The van der Waals surface area contributed by atoms with E-state index in [4.69, 9.17) is 0 Å². The Bertz CT molecular complexity index is 250. The van der Waals surface area contributed by atoms with Crippen LogP contribution in [0, 0.1) is 23.2 Å². The molecule has 0 radical (unpaired) electrons. The van der Waals surface area contributed by atoms with Crippen molar-refractivity contribution in [3.8, 4) is 0 Å². The van der Waals surface area contributed by atoms with E-state index in [1.807, 2.05) is 0 Å². The van der Waals surface area contributed by atoms with E-state index < -0.39 is 0 Å². The number of nitrogens with zero attached hydrogens (tertiary/aromatic N) is 1. The molecule has 0 spiro atoms. The molecule has 2 fully saturated rings. The Hall–Kier alpha value is -0.0800. The molecule has 2 nitrogen and oxygen atoms in total. The summed E-state index contributed by atoms with van der Waals surface area (Å²) in [6.07, 6.45) is 4.20. The van der Waals surface area contributed by atoms with Gasteiger partial charge in [-0.1, -0.05) is 27.7 Å². The molecule has 0 aromatic heterocycles. The lowest BCUT2D eigenvalue weighted by molar-refractivity contribution is 0.0659. The highest BCUT2D eigenvalue weighted by Gasteiger charge is 2.30. The van der Waals surface area contributed by atoms with Crippen LogP contribution >= 0.6 is 0 Å². The molecule has 0 unspecified atom stereocenters. The van der Waals surface area contributed by atoms with Crippen LogP contribution in [-0.2, 0) is 0 Å². The maximum atomic E-state index is 3.38. The molecule has 0 saturated carbocycles. The monoisotopic (exact) mass is 252 g/mol. The summed E-state index contributed by atoms with van der Waals surface area (Å²) in [5.41, 5.74) is 0.538. The molecule has 2 aliphatic heterocycles. The molecule has 106 valence electrons. The van der Waals surface area contributed by atoms with Crippen molar-refractivity contribution in [3.05, 3.63) is 0 Å². The predicted molar refractivity (Wildman–Crippen MR) is 78.8 cm³/mol. The van der Waals surface area contributed by atoms with Crippen molar-refractivity contribution in [1.29, 1.82) is 0 Å². The zero-order valence-corrected chi connectivity index (χ0v) is 12.8. The van der Waals surface area contributed by atoms with Crippen LogP contribution in [0.3, 0.4) is 0 Å². The molecule has 2 saturated heterocycles. The van der Waals surface area contributed by atoms with Crippen LogP contribution in [0.25, 0.3) is 0 Å². The van der Waals surface area contributed by atoms with E-state index in [1.165, 1.54) is 52.0 Å². The summed E-state index contributed by atoms with van der Waals surface area (Å²) in [6, 6.07) is 0. The van der Waals surface area contributed by atoms with Gasteiger partial charge in [0.1, 0.15) is 0 Å². The summed E-state index contributed by atoms with van der Waals surface area (Å²) in [5, 5.41) is 3.38. The van der Waals surface area contributed by atoms with Gasteiger partial charge >= 0.3 is 0 Å². The molecule has 2 rings (SSSR count). The molecule has 0 atom stereocenters. The van der Waals surface area contributed by atoms with Gasteiger partial charge in [0.2, 0.25) is 0 Å². The second-order valence-electron chi connectivity index (χ2n) is 7.90. The van der Waals surface area contributed by atoms with E-state index >= 15 is 0 Å². The van der Waals surface area contributed by atoms with E-state index in [0.717, 1.165) is 17.8 Å². The van der Waals surface area contributed by atoms with Crippen LogP contribution in [0.5, 0.6) is 0 Å². The molecule has 0 aromatic rings. The third kappa shape index (κ3) is 4.24. The summed E-state index contributed by atoms with van der Waals surface area (Å²) in [4.78, 5) is 2.66. The molecule has 0 aliphatic carbocycles. The quantitative estimate of drug-likeness (QED) is 0.749. The summed E-state index contributed by atoms with van der Waals surface area (Å²) in [5.74, 6) is 2.81. The largest absolute Gasteiger partial charge is 0.316 e. The standard InChI is InChI=1S/C16H32N2/c1-13(2)7-14-11-18(12-14)6-5-16(3,4)8-15-9-17-10-15/h13-15,17H,5-12H2,1-4H3. The van der Waals surface area contributed by atoms with Crippen molar-refractivity contribution in [2.75, 3.05) is 32.7 Å². The minimum atomic E-state index is 0.538. The third-order valence-corrected chi connectivity index (χ3v) is 4.65. The maximum absolute atomic E-state index is 3.38. The van der Waals surface area contributed by atoms with Crippen molar-refractivity contribution in [2.24, 2.45) is 23.2 Å². The molecule has 0 bridgehead atoms. The van der Waals surface area contributed by atoms with Crippen molar-refractivity contribution >= 4 is 0 Å². The van der Waals surface area contributed by atoms with Crippen molar-refractivity contribution in [1.82, 2.24) is 10.2 Å². The lowest BCUT2D eigenvalue weighted by Crippen LogP contribution is -2.48. The van der Waals surface area contributed by atoms with E-state index in [0.29, 0.717) is 5.41 Å². The lowest BCUT2D eigenvalue weighted by Gasteiger charge is -2.42. The Morgan fingerprint density at radius 1 is 1.17 bits per heavy atom. The first-order chi connectivity index (χ1) is 8.44. The fourth-order valence-corrected chi connectivity index (χ4v) is 3.51. The highest BCUT2D eigenvalue weighted by atomic mass is 15.2. The SMILES string of the molecule is CC(C)CC1CN(CCC(C)(C)CC2CNC2)C1. The molecule has 2 heterocycles. The van der Waals surface area contributed by atoms with Crippen LogP contribution in [0.15, 0.2) is 0 Å². The average Bonchev–Trinajstić information content (AvgIpc) is 2.15. The van der Waals surface area contributed by atoms with E-state index in [1.54, 1.807) is 0 Å². The van der Waals surface area contributed by atoms with Gasteiger partial charge in [-0.25, -0.2) is 0 Å².